The number of halogens is 2. The molecule has 2 aromatic carbocycles. The normalized spacial score (nSPS) is 12.2. The van der Waals surface area contributed by atoms with E-state index in [1.807, 2.05) is 0 Å². The van der Waals surface area contributed by atoms with Crippen LogP contribution in [0.4, 0.5) is 15.8 Å². The molecule has 7 heteroatoms. The molecule has 0 amide bonds. The van der Waals surface area contributed by atoms with Gasteiger partial charge in [-0.3, -0.25) is 4.79 Å². The first-order valence-corrected chi connectivity index (χ1v) is 7.58. The average molecular weight is 344 g/mol. The van der Waals surface area contributed by atoms with Gasteiger partial charge in [0.15, 0.2) is 0 Å². The van der Waals surface area contributed by atoms with E-state index in [9.17, 15) is 14.3 Å². The molecule has 0 saturated heterocycles. The highest BCUT2D eigenvalue weighted by Gasteiger charge is 2.24. The third-order valence-electron chi connectivity index (χ3n) is 3.95. The van der Waals surface area contributed by atoms with E-state index in [2.05, 4.69) is 10.4 Å². The van der Waals surface area contributed by atoms with Crippen molar-refractivity contribution in [2.75, 3.05) is 5.32 Å². The SMILES string of the molecule is O=c1c2c(c(O)nn1-c1ccccc1F)Nc1cc(Cl)ccc1C2. The number of hydrogen-bond acceptors (Lipinski definition) is 4. The molecule has 3 aromatic rings. The zero-order chi connectivity index (χ0) is 16.8. The maximum Gasteiger partial charge on any atom is 0.277 e. The molecule has 120 valence electrons. The van der Waals surface area contributed by atoms with E-state index in [0.717, 1.165) is 10.2 Å². The molecule has 0 saturated carbocycles. The van der Waals surface area contributed by atoms with E-state index in [-0.39, 0.29) is 23.7 Å². The van der Waals surface area contributed by atoms with Crippen LogP contribution in [0.25, 0.3) is 5.69 Å². The number of nitrogens with zero attached hydrogens (tertiary/aromatic N) is 2. The molecule has 0 radical (unpaired) electrons. The topological polar surface area (TPSA) is 67.1 Å². The summed E-state index contributed by atoms with van der Waals surface area (Å²) < 4.78 is 14.9. The molecule has 1 aliphatic heterocycles. The second-order valence-electron chi connectivity index (χ2n) is 5.45. The molecular formula is C17H11ClFN3O2. The maximum absolute atomic E-state index is 14.0. The van der Waals surface area contributed by atoms with Gasteiger partial charge in [0, 0.05) is 17.1 Å². The van der Waals surface area contributed by atoms with E-state index in [1.54, 1.807) is 24.3 Å². The fourth-order valence-electron chi connectivity index (χ4n) is 2.79. The number of nitrogens with one attached hydrogen (secondary N) is 1. The Hall–Kier alpha value is -2.86. The first-order chi connectivity index (χ1) is 11.5. The first-order valence-electron chi connectivity index (χ1n) is 7.20. The van der Waals surface area contributed by atoms with Crippen LogP contribution in [0.5, 0.6) is 5.88 Å². The summed E-state index contributed by atoms with van der Waals surface area (Å²) in [5.74, 6) is -0.971. The largest absolute Gasteiger partial charge is 0.491 e. The van der Waals surface area contributed by atoms with Crippen LogP contribution in [-0.4, -0.2) is 14.9 Å². The maximum atomic E-state index is 14.0. The zero-order valence-corrected chi connectivity index (χ0v) is 13.0. The van der Waals surface area contributed by atoms with E-state index in [0.29, 0.717) is 16.3 Å². The third-order valence-corrected chi connectivity index (χ3v) is 4.19. The number of hydrogen-bond donors (Lipinski definition) is 2. The lowest BCUT2D eigenvalue weighted by molar-refractivity contribution is 0.436. The smallest absolute Gasteiger partial charge is 0.277 e. The second kappa shape index (κ2) is 5.35. The molecule has 0 atom stereocenters. The molecule has 0 aliphatic carbocycles. The van der Waals surface area contributed by atoms with Crippen molar-refractivity contribution in [1.82, 2.24) is 9.78 Å². The summed E-state index contributed by atoms with van der Waals surface area (Å²) in [7, 11) is 0. The van der Waals surface area contributed by atoms with Gasteiger partial charge in [0.05, 0.1) is 5.56 Å². The van der Waals surface area contributed by atoms with Gasteiger partial charge in [0.25, 0.3) is 11.4 Å². The Morgan fingerprint density at radius 3 is 2.83 bits per heavy atom. The van der Waals surface area contributed by atoms with Gasteiger partial charge in [-0.2, -0.15) is 4.68 Å². The Morgan fingerprint density at radius 2 is 2.04 bits per heavy atom. The molecule has 0 fully saturated rings. The molecule has 2 N–H and O–H groups in total. The van der Waals surface area contributed by atoms with Crippen molar-refractivity contribution in [2.45, 2.75) is 6.42 Å². The van der Waals surface area contributed by atoms with Crippen LogP contribution in [0, 0.1) is 5.82 Å². The van der Waals surface area contributed by atoms with Crippen molar-refractivity contribution in [3.05, 3.63) is 74.8 Å². The highest BCUT2D eigenvalue weighted by molar-refractivity contribution is 6.30. The van der Waals surface area contributed by atoms with Crippen LogP contribution in [0.1, 0.15) is 11.1 Å². The Balaban J connectivity index is 1.92. The molecule has 0 unspecified atom stereocenters. The highest BCUT2D eigenvalue weighted by atomic mass is 35.5. The Morgan fingerprint density at radius 1 is 1.25 bits per heavy atom. The van der Waals surface area contributed by atoms with E-state index >= 15 is 0 Å². The average Bonchev–Trinajstić information content (AvgIpc) is 2.57. The minimum atomic E-state index is -0.595. The van der Waals surface area contributed by atoms with Gasteiger partial charge in [0.2, 0.25) is 0 Å². The van der Waals surface area contributed by atoms with E-state index in [4.69, 9.17) is 11.6 Å². The minimum Gasteiger partial charge on any atom is -0.491 e. The number of para-hydroxylation sites is 1. The Kier molecular flexibility index (Phi) is 3.28. The summed E-state index contributed by atoms with van der Waals surface area (Å²) in [4.78, 5) is 12.8. The van der Waals surface area contributed by atoms with Gasteiger partial charge in [-0.25, -0.2) is 4.39 Å². The quantitative estimate of drug-likeness (QED) is 0.556. The summed E-state index contributed by atoms with van der Waals surface area (Å²) in [5, 5.41) is 17.6. The summed E-state index contributed by atoms with van der Waals surface area (Å²) in [6.45, 7) is 0. The van der Waals surface area contributed by atoms with Crippen LogP contribution in [-0.2, 0) is 6.42 Å². The molecule has 0 bridgehead atoms. The monoisotopic (exact) mass is 343 g/mol. The zero-order valence-electron chi connectivity index (χ0n) is 12.3. The van der Waals surface area contributed by atoms with Gasteiger partial charge in [-0.15, -0.1) is 5.10 Å². The van der Waals surface area contributed by atoms with Gasteiger partial charge in [-0.1, -0.05) is 29.8 Å². The molecule has 5 nitrogen and oxygen atoms in total. The van der Waals surface area contributed by atoms with Crippen LogP contribution in [0.2, 0.25) is 5.02 Å². The van der Waals surface area contributed by atoms with Crippen molar-refractivity contribution in [2.24, 2.45) is 0 Å². The van der Waals surface area contributed by atoms with E-state index < -0.39 is 11.4 Å². The predicted molar refractivity (Wildman–Crippen MR) is 89.0 cm³/mol. The van der Waals surface area contributed by atoms with Gasteiger partial charge in [-0.05, 0) is 29.8 Å². The van der Waals surface area contributed by atoms with Crippen LogP contribution in [0.15, 0.2) is 47.3 Å². The summed E-state index contributed by atoms with van der Waals surface area (Å²) in [5.41, 5.74) is 1.61. The summed E-state index contributed by atoms with van der Waals surface area (Å²) >= 11 is 5.97. The fourth-order valence-corrected chi connectivity index (χ4v) is 2.96. The van der Waals surface area contributed by atoms with Gasteiger partial charge < -0.3 is 10.4 Å². The Labute approximate surface area is 140 Å². The standard InChI is InChI=1S/C17H11ClFN3O2/c18-10-6-5-9-7-11-15(20-13(9)8-10)16(23)21-22(17(11)24)14-4-2-1-3-12(14)19/h1-6,8,20H,7H2,(H,21,23). The lowest BCUT2D eigenvalue weighted by Crippen LogP contribution is -2.28. The second-order valence-corrected chi connectivity index (χ2v) is 5.89. The first kappa shape index (κ1) is 14.7. The van der Waals surface area contributed by atoms with Gasteiger partial charge in [0.1, 0.15) is 17.2 Å². The van der Waals surface area contributed by atoms with Crippen molar-refractivity contribution < 1.29 is 9.50 Å². The van der Waals surface area contributed by atoms with Crippen molar-refractivity contribution in [3.8, 4) is 11.6 Å². The number of fused-ring (bicyclic) bond motifs is 2. The number of rotatable bonds is 1. The fraction of sp³-hybridized carbons (Fsp3) is 0.0588. The lowest BCUT2D eigenvalue weighted by atomic mass is 9.99. The molecule has 0 spiro atoms. The van der Waals surface area contributed by atoms with Crippen LogP contribution in [0.3, 0.4) is 0 Å². The van der Waals surface area contributed by atoms with Crippen molar-refractivity contribution in [1.29, 1.82) is 0 Å². The molecule has 2 heterocycles. The van der Waals surface area contributed by atoms with Crippen molar-refractivity contribution >= 4 is 23.0 Å². The molecular weight excluding hydrogens is 333 g/mol. The van der Waals surface area contributed by atoms with Crippen LogP contribution < -0.4 is 10.9 Å². The molecule has 4 rings (SSSR count). The van der Waals surface area contributed by atoms with Crippen LogP contribution >= 0.6 is 11.6 Å². The van der Waals surface area contributed by atoms with E-state index in [1.165, 1.54) is 18.2 Å². The molecule has 1 aromatic heterocycles. The number of aromatic nitrogens is 2. The predicted octanol–water partition coefficient (Wildman–Crippen LogP) is 3.38. The number of anilines is 2. The molecule has 1 aliphatic rings. The third kappa shape index (κ3) is 2.23. The van der Waals surface area contributed by atoms with Crippen molar-refractivity contribution in [3.63, 3.8) is 0 Å². The summed E-state index contributed by atoms with van der Waals surface area (Å²) in [6.07, 6.45) is 0.290. The number of aromatic hydroxyl groups is 1. The number of benzene rings is 2. The minimum absolute atomic E-state index is 0.0116. The summed E-state index contributed by atoms with van der Waals surface area (Å²) in [6, 6.07) is 11.0. The highest BCUT2D eigenvalue weighted by Crippen LogP contribution is 2.36. The lowest BCUT2D eigenvalue weighted by Gasteiger charge is -2.22. The Bertz CT molecular complexity index is 1030. The molecule has 24 heavy (non-hydrogen) atoms. The van der Waals surface area contributed by atoms with Gasteiger partial charge >= 0.3 is 0 Å².